The fourth-order valence-electron chi connectivity index (χ4n) is 1.98. The Morgan fingerprint density at radius 1 is 1.29 bits per heavy atom. The predicted octanol–water partition coefficient (Wildman–Crippen LogP) is 2.90. The fraction of sp³-hybridized carbons (Fsp3) is 0.286. The second-order valence-corrected chi connectivity index (χ2v) is 5.68. The largest absolute Gasteiger partial charge is 0.326 e. The Hall–Kier alpha value is -2.28. The highest BCUT2D eigenvalue weighted by Gasteiger charge is 2.10. The molecule has 6 nitrogen and oxygen atoms in total. The van der Waals surface area contributed by atoms with E-state index >= 15 is 0 Å². The predicted molar refractivity (Wildman–Crippen MR) is 82.4 cm³/mol. The third-order valence-electron chi connectivity index (χ3n) is 3.04. The first kappa shape index (κ1) is 13.7. The molecule has 1 amide bonds. The van der Waals surface area contributed by atoms with Gasteiger partial charge in [-0.05, 0) is 37.6 Å². The number of nitrogens with one attached hydrogen (secondary N) is 1. The lowest BCUT2D eigenvalue weighted by atomic mass is 10.2. The molecule has 3 rings (SSSR count). The summed E-state index contributed by atoms with van der Waals surface area (Å²) in [5, 5.41) is 16.3. The van der Waals surface area contributed by atoms with E-state index in [0.29, 0.717) is 6.42 Å². The van der Waals surface area contributed by atoms with Gasteiger partial charge in [-0.2, -0.15) is 9.61 Å². The lowest BCUT2D eigenvalue weighted by molar-refractivity contribution is -0.116. The summed E-state index contributed by atoms with van der Waals surface area (Å²) < 4.78 is 1.73. The maximum absolute atomic E-state index is 11.5. The van der Waals surface area contributed by atoms with Crippen molar-refractivity contribution in [1.82, 2.24) is 19.8 Å². The van der Waals surface area contributed by atoms with Crippen LogP contribution in [0.25, 0.3) is 15.5 Å². The Kier molecular flexibility index (Phi) is 3.66. The summed E-state index contributed by atoms with van der Waals surface area (Å²) in [6.45, 7) is 3.86. The number of amides is 1. The SMILES string of the molecule is CCCC(=O)Nc1ccc(-c2nn3c(C)nnc3s2)cc1. The van der Waals surface area contributed by atoms with Crippen LogP contribution in [0, 0.1) is 6.92 Å². The molecule has 0 aliphatic rings. The molecule has 0 fully saturated rings. The number of carbonyl (C=O) groups excluding carboxylic acids is 1. The van der Waals surface area contributed by atoms with Crippen molar-refractivity contribution in [3.05, 3.63) is 30.1 Å². The van der Waals surface area contributed by atoms with E-state index in [4.69, 9.17) is 0 Å². The van der Waals surface area contributed by atoms with Gasteiger partial charge in [0.1, 0.15) is 5.01 Å². The zero-order chi connectivity index (χ0) is 14.8. The lowest BCUT2D eigenvalue weighted by Crippen LogP contribution is -2.10. The Labute approximate surface area is 125 Å². The molecule has 108 valence electrons. The summed E-state index contributed by atoms with van der Waals surface area (Å²) in [4.78, 5) is 12.3. The van der Waals surface area contributed by atoms with Gasteiger partial charge in [0, 0.05) is 17.7 Å². The summed E-state index contributed by atoms with van der Waals surface area (Å²) in [5.74, 6) is 0.815. The summed E-state index contributed by atoms with van der Waals surface area (Å²) in [6, 6.07) is 7.67. The molecule has 1 aromatic carbocycles. The highest BCUT2D eigenvalue weighted by atomic mass is 32.1. The van der Waals surface area contributed by atoms with Gasteiger partial charge in [0.2, 0.25) is 10.9 Å². The molecule has 0 aliphatic heterocycles. The number of fused-ring (bicyclic) bond motifs is 1. The third-order valence-corrected chi connectivity index (χ3v) is 3.99. The van der Waals surface area contributed by atoms with Crippen LogP contribution in [0.15, 0.2) is 24.3 Å². The van der Waals surface area contributed by atoms with Gasteiger partial charge in [-0.15, -0.1) is 10.2 Å². The number of carbonyl (C=O) groups is 1. The molecule has 0 atom stereocenters. The van der Waals surface area contributed by atoms with Crippen LogP contribution in [0.3, 0.4) is 0 Å². The van der Waals surface area contributed by atoms with Crippen molar-refractivity contribution in [3.8, 4) is 10.6 Å². The summed E-state index contributed by atoms with van der Waals surface area (Å²) >= 11 is 1.49. The average Bonchev–Trinajstić information content (AvgIpc) is 3.03. The van der Waals surface area contributed by atoms with E-state index in [9.17, 15) is 4.79 Å². The van der Waals surface area contributed by atoms with Gasteiger partial charge in [0.25, 0.3) is 0 Å². The smallest absolute Gasteiger partial charge is 0.234 e. The van der Waals surface area contributed by atoms with Crippen molar-refractivity contribution in [2.45, 2.75) is 26.7 Å². The van der Waals surface area contributed by atoms with E-state index in [1.54, 1.807) is 4.52 Å². The van der Waals surface area contributed by atoms with Crippen LogP contribution < -0.4 is 5.32 Å². The molecule has 0 saturated carbocycles. The molecular weight excluding hydrogens is 286 g/mol. The van der Waals surface area contributed by atoms with Gasteiger partial charge < -0.3 is 5.32 Å². The van der Waals surface area contributed by atoms with Crippen LogP contribution in [0.1, 0.15) is 25.6 Å². The second-order valence-electron chi connectivity index (χ2n) is 4.72. The first-order valence-corrected chi connectivity index (χ1v) is 7.58. The highest BCUT2D eigenvalue weighted by Crippen LogP contribution is 2.26. The maximum atomic E-state index is 11.5. The van der Waals surface area contributed by atoms with Gasteiger partial charge in [0.05, 0.1) is 0 Å². The minimum Gasteiger partial charge on any atom is -0.326 e. The van der Waals surface area contributed by atoms with Crippen molar-refractivity contribution in [2.75, 3.05) is 5.32 Å². The zero-order valence-corrected chi connectivity index (χ0v) is 12.6. The van der Waals surface area contributed by atoms with E-state index in [-0.39, 0.29) is 5.91 Å². The quantitative estimate of drug-likeness (QED) is 0.804. The second kappa shape index (κ2) is 5.61. The maximum Gasteiger partial charge on any atom is 0.234 e. The average molecular weight is 301 g/mol. The van der Waals surface area contributed by atoms with Crippen LogP contribution in [-0.4, -0.2) is 25.7 Å². The van der Waals surface area contributed by atoms with Crippen molar-refractivity contribution < 1.29 is 4.79 Å². The first-order valence-electron chi connectivity index (χ1n) is 6.76. The number of benzene rings is 1. The van der Waals surface area contributed by atoms with Crippen molar-refractivity contribution >= 4 is 27.9 Å². The van der Waals surface area contributed by atoms with Gasteiger partial charge in [-0.25, -0.2) is 0 Å². The molecule has 0 radical (unpaired) electrons. The molecule has 7 heteroatoms. The van der Waals surface area contributed by atoms with E-state index in [1.807, 2.05) is 38.1 Å². The van der Waals surface area contributed by atoms with Crippen molar-refractivity contribution in [3.63, 3.8) is 0 Å². The van der Waals surface area contributed by atoms with Crippen LogP contribution in [-0.2, 0) is 4.79 Å². The molecular formula is C14H15N5OS. The standard InChI is InChI=1S/C14H15N5OS/c1-3-4-12(20)15-11-7-5-10(6-8-11)13-18-19-9(2)16-17-14(19)21-13/h5-8H,3-4H2,1-2H3,(H,15,20). The number of hydrogen-bond donors (Lipinski definition) is 1. The number of anilines is 1. The molecule has 0 spiro atoms. The Balaban J connectivity index is 1.81. The van der Waals surface area contributed by atoms with Gasteiger partial charge in [-0.3, -0.25) is 4.79 Å². The number of hydrogen-bond acceptors (Lipinski definition) is 5. The molecule has 0 saturated heterocycles. The van der Waals surface area contributed by atoms with Crippen molar-refractivity contribution in [1.29, 1.82) is 0 Å². The van der Waals surface area contributed by atoms with Gasteiger partial charge >= 0.3 is 0 Å². The van der Waals surface area contributed by atoms with Crippen LogP contribution >= 0.6 is 11.3 Å². The molecule has 0 bridgehead atoms. The van der Waals surface area contributed by atoms with Gasteiger partial charge in [0.15, 0.2) is 5.82 Å². The molecule has 3 aromatic rings. The lowest BCUT2D eigenvalue weighted by Gasteiger charge is -2.04. The van der Waals surface area contributed by atoms with Crippen LogP contribution in [0.2, 0.25) is 0 Å². The number of aromatic nitrogens is 4. The fourth-order valence-corrected chi connectivity index (χ4v) is 2.87. The number of aryl methyl sites for hydroxylation is 1. The minimum atomic E-state index is 0.0414. The highest BCUT2D eigenvalue weighted by molar-refractivity contribution is 7.19. The molecule has 2 aromatic heterocycles. The van der Waals surface area contributed by atoms with Crippen LogP contribution in [0.5, 0.6) is 0 Å². The Morgan fingerprint density at radius 3 is 2.71 bits per heavy atom. The topological polar surface area (TPSA) is 72.2 Å². The summed E-state index contributed by atoms with van der Waals surface area (Å²) in [6.07, 6.45) is 1.38. The molecule has 2 heterocycles. The van der Waals surface area contributed by atoms with Crippen molar-refractivity contribution in [2.24, 2.45) is 0 Å². The third kappa shape index (κ3) is 2.78. The summed E-state index contributed by atoms with van der Waals surface area (Å²) in [5.41, 5.74) is 1.80. The normalized spacial score (nSPS) is 11.0. The van der Waals surface area contributed by atoms with E-state index in [0.717, 1.165) is 33.5 Å². The molecule has 1 N–H and O–H groups in total. The first-order chi connectivity index (χ1) is 10.2. The Bertz CT molecular complexity index is 774. The monoisotopic (exact) mass is 301 g/mol. The van der Waals surface area contributed by atoms with E-state index in [2.05, 4.69) is 20.6 Å². The van der Waals surface area contributed by atoms with E-state index < -0.39 is 0 Å². The molecule has 0 aliphatic carbocycles. The summed E-state index contributed by atoms with van der Waals surface area (Å²) in [7, 11) is 0. The number of rotatable bonds is 4. The molecule has 21 heavy (non-hydrogen) atoms. The zero-order valence-electron chi connectivity index (χ0n) is 11.8. The number of nitrogens with zero attached hydrogens (tertiary/aromatic N) is 4. The van der Waals surface area contributed by atoms with E-state index in [1.165, 1.54) is 11.3 Å². The molecule has 0 unspecified atom stereocenters. The van der Waals surface area contributed by atoms with Gasteiger partial charge in [-0.1, -0.05) is 18.3 Å². The van der Waals surface area contributed by atoms with Crippen LogP contribution in [0.4, 0.5) is 5.69 Å². The Morgan fingerprint density at radius 2 is 2.05 bits per heavy atom. The minimum absolute atomic E-state index is 0.0414.